The van der Waals surface area contributed by atoms with Gasteiger partial charge in [0.2, 0.25) is 5.91 Å². The van der Waals surface area contributed by atoms with Gasteiger partial charge in [0.05, 0.1) is 13.2 Å². The maximum atomic E-state index is 12.4. The van der Waals surface area contributed by atoms with Crippen LogP contribution in [-0.2, 0) is 32.7 Å². The van der Waals surface area contributed by atoms with Gasteiger partial charge in [-0.2, -0.15) is 0 Å². The minimum absolute atomic E-state index is 0.139. The van der Waals surface area contributed by atoms with Gasteiger partial charge in [-0.15, -0.1) is 0 Å². The van der Waals surface area contributed by atoms with E-state index in [4.69, 9.17) is 13.8 Å². The number of unbranched alkanes of at least 4 members (excludes halogenated alkanes) is 19. The smallest absolute Gasteiger partial charge is 0.472 e. The largest absolute Gasteiger partial charge is 0.480 e. The summed E-state index contributed by atoms with van der Waals surface area (Å²) in [6, 6.07) is -1.56. The number of ether oxygens (including phenoxy) is 1. The average molecular weight is 946 g/mol. The van der Waals surface area contributed by atoms with E-state index >= 15 is 0 Å². The molecule has 0 aliphatic rings. The van der Waals surface area contributed by atoms with Crippen LogP contribution in [0.4, 0.5) is 0 Å². The molecule has 0 saturated carbocycles. The molecule has 0 rings (SSSR count). The van der Waals surface area contributed by atoms with Crippen LogP contribution in [0.1, 0.15) is 206 Å². The Morgan fingerprint density at radius 3 is 1.35 bits per heavy atom. The number of phosphoric ester groups is 1. The molecular weight excluding hydrogens is 854 g/mol. The van der Waals surface area contributed by atoms with Gasteiger partial charge in [-0.25, -0.2) is 9.36 Å². The van der Waals surface area contributed by atoms with Gasteiger partial charge in [-0.05, 0) is 89.9 Å². The zero-order valence-corrected chi connectivity index (χ0v) is 42.1. The molecule has 11 nitrogen and oxygen atoms in total. The number of esters is 1. The van der Waals surface area contributed by atoms with Crippen molar-refractivity contribution in [3.63, 3.8) is 0 Å². The summed E-state index contributed by atoms with van der Waals surface area (Å²) in [5, 5.41) is 21.9. The van der Waals surface area contributed by atoms with Crippen molar-refractivity contribution in [1.82, 2.24) is 5.32 Å². The Kier molecular flexibility index (Phi) is 45.7. The van der Waals surface area contributed by atoms with E-state index in [9.17, 15) is 34.1 Å². The average Bonchev–Trinajstić information content (AvgIpc) is 3.29. The highest BCUT2D eigenvalue weighted by Gasteiger charge is 2.28. The highest BCUT2D eigenvalue weighted by molar-refractivity contribution is 7.47. The Morgan fingerprint density at radius 2 is 0.879 bits per heavy atom. The Bertz CT molecular complexity index is 1440. The molecule has 0 aromatic heterocycles. The molecule has 0 saturated heterocycles. The van der Waals surface area contributed by atoms with E-state index in [1.165, 1.54) is 96.3 Å². The van der Waals surface area contributed by atoms with Gasteiger partial charge in [0.1, 0.15) is 12.7 Å². The van der Waals surface area contributed by atoms with Crippen LogP contribution >= 0.6 is 7.82 Å². The van der Waals surface area contributed by atoms with Crippen molar-refractivity contribution in [2.24, 2.45) is 0 Å². The molecule has 0 aliphatic carbocycles. The fourth-order valence-electron chi connectivity index (χ4n) is 6.72. The van der Waals surface area contributed by atoms with E-state index in [-0.39, 0.29) is 12.8 Å². The number of aliphatic hydroxyl groups is 1. The zero-order valence-electron chi connectivity index (χ0n) is 41.2. The number of aliphatic hydroxyl groups excluding tert-OH is 1. The van der Waals surface area contributed by atoms with Gasteiger partial charge in [0.25, 0.3) is 0 Å². The number of carboxylic acid groups (broad SMARTS) is 1. The van der Waals surface area contributed by atoms with E-state index in [0.29, 0.717) is 12.8 Å². The molecule has 0 heterocycles. The molecule has 4 N–H and O–H groups in total. The predicted molar refractivity (Wildman–Crippen MR) is 272 cm³/mol. The molecule has 3 unspecified atom stereocenters. The van der Waals surface area contributed by atoms with Crippen LogP contribution in [0.5, 0.6) is 0 Å². The van der Waals surface area contributed by atoms with E-state index in [2.05, 4.69) is 104 Å². The second kappa shape index (κ2) is 48.1. The Balaban J connectivity index is 3.91. The minimum Gasteiger partial charge on any atom is -0.480 e. The lowest BCUT2D eigenvalue weighted by molar-refractivity contribution is -0.147. The molecule has 12 heteroatoms. The van der Waals surface area contributed by atoms with Crippen LogP contribution in [0.25, 0.3) is 0 Å². The number of hydrogen-bond acceptors (Lipinski definition) is 8. The van der Waals surface area contributed by atoms with Gasteiger partial charge in [-0.3, -0.25) is 18.6 Å². The molecule has 0 bridgehead atoms. The molecule has 0 aromatic carbocycles. The first-order valence-electron chi connectivity index (χ1n) is 25.6. The van der Waals surface area contributed by atoms with E-state index < -0.39 is 57.6 Å². The number of aliphatic carboxylic acids is 1. The van der Waals surface area contributed by atoms with Crippen molar-refractivity contribution in [2.75, 3.05) is 19.8 Å². The first-order chi connectivity index (χ1) is 32.1. The maximum absolute atomic E-state index is 12.4. The summed E-state index contributed by atoms with van der Waals surface area (Å²) in [5.74, 6) is -2.42. The molecule has 0 radical (unpaired) electrons. The molecular formula is C54H92NO10P. The number of allylic oxidation sites excluding steroid dienone is 14. The fraction of sp³-hybridized carbons (Fsp3) is 0.685. The quantitative estimate of drug-likeness (QED) is 0.0199. The Morgan fingerprint density at radius 1 is 0.500 bits per heavy atom. The highest BCUT2D eigenvalue weighted by Crippen LogP contribution is 2.43. The van der Waals surface area contributed by atoms with Crippen LogP contribution < -0.4 is 5.32 Å². The van der Waals surface area contributed by atoms with Gasteiger partial charge >= 0.3 is 19.8 Å². The summed E-state index contributed by atoms with van der Waals surface area (Å²) < 4.78 is 26.9. The van der Waals surface area contributed by atoms with E-state index in [1.807, 2.05) is 0 Å². The summed E-state index contributed by atoms with van der Waals surface area (Å²) in [7, 11) is -4.78. The fourth-order valence-corrected chi connectivity index (χ4v) is 7.50. The third-order valence-electron chi connectivity index (χ3n) is 10.7. The van der Waals surface area contributed by atoms with Crippen molar-refractivity contribution in [1.29, 1.82) is 0 Å². The Labute approximate surface area is 401 Å². The topological polar surface area (TPSA) is 169 Å². The third-order valence-corrected chi connectivity index (χ3v) is 11.6. The minimum atomic E-state index is -4.78. The van der Waals surface area contributed by atoms with Gasteiger partial charge in [-0.1, -0.05) is 189 Å². The molecule has 0 spiro atoms. The number of nitrogens with one attached hydrogen (secondary N) is 1. The monoisotopic (exact) mass is 946 g/mol. The number of rotatable bonds is 47. The van der Waals surface area contributed by atoms with Gasteiger partial charge in [0, 0.05) is 12.8 Å². The summed E-state index contributed by atoms with van der Waals surface area (Å²) >= 11 is 0. The number of amides is 1. The second-order valence-electron chi connectivity index (χ2n) is 17.0. The van der Waals surface area contributed by atoms with Crippen molar-refractivity contribution in [3.8, 4) is 0 Å². The molecule has 66 heavy (non-hydrogen) atoms. The van der Waals surface area contributed by atoms with Crippen molar-refractivity contribution < 1.29 is 47.8 Å². The summed E-state index contributed by atoms with van der Waals surface area (Å²) in [5.41, 5.74) is 0. The second-order valence-corrected chi connectivity index (χ2v) is 18.4. The SMILES string of the molecule is CC/C=C\C/C=C\C/C=C\C/C=C\C/C=C\C/C=C\CCCCC(=O)OCC(O)COP(=O)(O)OCC(NC(=O)CCCCCCCCCCCCC/C=C/CCCCCCCC)C(=O)O. The third kappa shape index (κ3) is 47.2. The lowest BCUT2D eigenvalue weighted by Gasteiger charge is -2.18. The predicted octanol–water partition coefficient (Wildman–Crippen LogP) is 14.2. The summed E-state index contributed by atoms with van der Waals surface area (Å²) in [6.45, 7) is 2.45. The first-order valence-corrected chi connectivity index (χ1v) is 27.1. The van der Waals surface area contributed by atoms with Crippen molar-refractivity contribution >= 4 is 25.7 Å². The number of carbonyl (C=O) groups excluding carboxylic acids is 2. The number of carboxylic acids is 1. The number of hydrogen-bond donors (Lipinski definition) is 4. The normalized spacial score (nSPS) is 14.2. The summed E-state index contributed by atoms with van der Waals surface area (Å²) in [6.07, 6.45) is 60.3. The van der Waals surface area contributed by atoms with Gasteiger partial charge in [0.15, 0.2) is 6.04 Å². The number of phosphoric acid groups is 1. The molecule has 0 aromatic rings. The van der Waals surface area contributed by atoms with E-state index in [0.717, 1.165) is 70.6 Å². The maximum Gasteiger partial charge on any atom is 0.472 e. The number of carbonyl (C=O) groups is 3. The van der Waals surface area contributed by atoms with Crippen molar-refractivity contribution in [3.05, 3.63) is 85.1 Å². The zero-order chi connectivity index (χ0) is 48.4. The van der Waals surface area contributed by atoms with Gasteiger partial charge < -0.3 is 25.2 Å². The van der Waals surface area contributed by atoms with E-state index in [1.54, 1.807) is 0 Å². The highest BCUT2D eigenvalue weighted by atomic mass is 31.2. The van der Waals surface area contributed by atoms with Crippen LogP contribution in [0, 0.1) is 0 Å². The molecule has 0 fully saturated rings. The Hall–Kier alpha value is -3.34. The van der Waals surface area contributed by atoms with Crippen LogP contribution in [0.3, 0.4) is 0 Å². The first kappa shape index (κ1) is 62.7. The van der Waals surface area contributed by atoms with Crippen LogP contribution in [0.15, 0.2) is 85.1 Å². The standard InChI is InChI=1S/C54H92NO10P/c1-3-5-7-9-11-13-15-17-19-21-23-25-27-29-31-33-35-37-39-41-43-45-52(57)55-51(54(59)60)49-65-66(61,62)64-48-50(56)47-63-53(58)46-44-42-40-38-36-34-32-30-28-26-24-22-20-18-16-14-12-10-8-6-4-2/h6,8,12,14,17-20,24,26,30,32,36,38,50-51,56H,3-5,7,9-11,13,15-16,21-23,25,27-29,31,33-35,37,39-49H2,1-2H3,(H,55,57)(H,59,60)(H,61,62)/b8-6-,14-12-,19-17+,20-18-,26-24-,32-30-,38-36-. The molecule has 1 amide bonds. The lowest BCUT2D eigenvalue weighted by atomic mass is 10.0. The van der Waals surface area contributed by atoms with Crippen molar-refractivity contribution in [2.45, 2.75) is 219 Å². The molecule has 3 atom stereocenters. The molecule has 378 valence electrons. The lowest BCUT2D eigenvalue weighted by Crippen LogP contribution is -2.43. The van der Waals surface area contributed by atoms with Crippen LogP contribution in [0.2, 0.25) is 0 Å². The van der Waals surface area contributed by atoms with Crippen LogP contribution in [-0.4, -0.2) is 64.9 Å². The summed E-state index contributed by atoms with van der Waals surface area (Å²) in [4.78, 5) is 46.1. The molecule has 0 aliphatic heterocycles.